The summed E-state index contributed by atoms with van der Waals surface area (Å²) in [4.78, 5) is 4.00. The van der Waals surface area contributed by atoms with Gasteiger partial charge in [0.15, 0.2) is 0 Å². The fraction of sp³-hybridized carbons (Fsp3) is 0.625. The number of hydrogen-bond donors (Lipinski definition) is 1. The predicted octanol–water partition coefficient (Wildman–Crippen LogP) is 3.40. The van der Waals surface area contributed by atoms with E-state index in [9.17, 15) is 0 Å². The van der Waals surface area contributed by atoms with E-state index in [1.54, 1.807) is 6.20 Å². The van der Waals surface area contributed by atoms with Crippen molar-refractivity contribution in [3.63, 3.8) is 0 Å². The molecule has 0 aromatic carbocycles. The second-order valence-electron chi connectivity index (χ2n) is 5.58. The van der Waals surface area contributed by atoms with Gasteiger partial charge in [-0.2, -0.15) is 5.26 Å². The van der Waals surface area contributed by atoms with E-state index in [0.717, 1.165) is 18.0 Å². The maximum Gasteiger partial charge on any atom is 0.140 e. The average molecular weight is 257 g/mol. The molecule has 0 radical (unpaired) electrons. The highest BCUT2D eigenvalue weighted by atomic mass is 14.9. The second kappa shape index (κ2) is 7.25. The average Bonchev–Trinajstić information content (AvgIpc) is 2.74. The molecule has 19 heavy (non-hydrogen) atoms. The highest BCUT2D eigenvalue weighted by Crippen LogP contribution is 2.25. The number of nitrogens with one attached hydrogen (secondary N) is 1. The summed E-state index contributed by atoms with van der Waals surface area (Å²) in [6.07, 6.45) is 9.99. The lowest BCUT2D eigenvalue weighted by atomic mass is 9.93. The quantitative estimate of drug-likeness (QED) is 0.841. The lowest BCUT2D eigenvalue weighted by molar-refractivity contribution is 0.336. The van der Waals surface area contributed by atoms with Gasteiger partial charge in [-0.15, -0.1) is 0 Å². The number of pyridine rings is 1. The summed E-state index contributed by atoms with van der Waals surface area (Å²) < 4.78 is 0. The SMILES string of the molecule is C[C@H](NCc1ccnc(C#N)c1)C1CCCCCC1. The molecule has 1 N–H and O–H groups in total. The Bertz CT molecular complexity index is 428. The molecule has 1 atom stereocenters. The summed E-state index contributed by atoms with van der Waals surface area (Å²) in [6, 6.07) is 6.49. The summed E-state index contributed by atoms with van der Waals surface area (Å²) in [5, 5.41) is 12.5. The summed E-state index contributed by atoms with van der Waals surface area (Å²) in [6.45, 7) is 3.12. The molecular weight excluding hydrogens is 234 g/mol. The smallest absolute Gasteiger partial charge is 0.140 e. The van der Waals surface area contributed by atoms with Gasteiger partial charge in [0.25, 0.3) is 0 Å². The van der Waals surface area contributed by atoms with Gasteiger partial charge in [0.2, 0.25) is 0 Å². The van der Waals surface area contributed by atoms with Crippen LogP contribution in [-0.4, -0.2) is 11.0 Å². The molecule has 3 heteroatoms. The Labute approximate surface area is 116 Å². The van der Waals surface area contributed by atoms with E-state index in [2.05, 4.69) is 23.3 Å². The molecule has 1 fully saturated rings. The van der Waals surface area contributed by atoms with Crippen LogP contribution in [0.2, 0.25) is 0 Å². The summed E-state index contributed by atoms with van der Waals surface area (Å²) >= 11 is 0. The Hall–Kier alpha value is -1.40. The first kappa shape index (κ1) is 14.0. The molecule has 0 saturated heterocycles. The number of hydrogen-bond acceptors (Lipinski definition) is 3. The molecule has 1 heterocycles. The lowest BCUT2D eigenvalue weighted by Crippen LogP contribution is -2.32. The van der Waals surface area contributed by atoms with Gasteiger partial charge in [-0.1, -0.05) is 25.7 Å². The van der Waals surface area contributed by atoms with Crippen molar-refractivity contribution in [3.05, 3.63) is 29.6 Å². The van der Waals surface area contributed by atoms with Gasteiger partial charge in [-0.05, 0) is 43.4 Å². The highest BCUT2D eigenvalue weighted by molar-refractivity contribution is 5.25. The first-order valence-corrected chi connectivity index (χ1v) is 7.38. The molecule has 1 aromatic heterocycles. The van der Waals surface area contributed by atoms with E-state index in [0.29, 0.717) is 11.7 Å². The van der Waals surface area contributed by atoms with Gasteiger partial charge < -0.3 is 5.32 Å². The summed E-state index contributed by atoms with van der Waals surface area (Å²) in [5.74, 6) is 0.805. The third kappa shape index (κ3) is 4.33. The molecule has 0 bridgehead atoms. The molecule has 1 aromatic rings. The Morgan fingerprint density at radius 2 is 2.11 bits per heavy atom. The molecule has 0 amide bonds. The molecule has 1 saturated carbocycles. The van der Waals surface area contributed by atoms with Crippen molar-refractivity contribution in [2.45, 2.75) is 58.0 Å². The van der Waals surface area contributed by atoms with Crippen LogP contribution < -0.4 is 5.32 Å². The van der Waals surface area contributed by atoms with E-state index in [1.165, 1.54) is 38.5 Å². The molecule has 1 aliphatic carbocycles. The van der Waals surface area contributed by atoms with Crippen LogP contribution in [0.3, 0.4) is 0 Å². The van der Waals surface area contributed by atoms with Crippen molar-refractivity contribution in [1.29, 1.82) is 5.26 Å². The maximum absolute atomic E-state index is 8.84. The third-order valence-corrected chi connectivity index (χ3v) is 4.17. The molecule has 3 nitrogen and oxygen atoms in total. The van der Waals surface area contributed by atoms with Gasteiger partial charge in [-0.25, -0.2) is 4.98 Å². The van der Waals surface area contributed by atoms with E-state index in [1.807, 2.05) is 12.1 Å². The summed E-state index contributed by atoms with van der Waals surface area (Å²) in [5.41, 5.74) is 1.65. The van der Waals surface area contributed by atoms with E-state index in [4.69, 9.17) is 5.26 Å². The van der Waals surface area contributed by atoms with Gasteiger partial charge in [0, 0.05) is 18.8 Å². The van der Waals surface area contributed by atoms with Crippen LogP contribution in [0.15, 0.2) is 18.3 Å². The molecule has 2 rings (SSSR count). The Morgan fingerprint density at radius 1 is 1.37 bits per heavy atom. The van der Waals surface area contributed by atoms with Crippen LogP contribution in [-0.2, 0) is 6.54 Å². The van der Waals surface area contributed by atoms with E-state index in [-0.39, 0.29) is 0 Å². The van der Waals surface area contributed by atoms with Crippen molar-refractivity contribution in [2.24, 2.45) is 5.92 Å². The van der Waals surface area contributed by atoms with Crippen molar-refractivity contribution >= 4 is 0 Å². The van der Waals surface area contributed by atoms with Gasteiger partial charge in [-0.3, -0.25) is 0 Å². The van der Waals surface area contributed by atoms with Crippen molar-refractivity contribution in [1.82, 2.24) is 10.3 Å². The predicted molar refractivity (Wildman–Crippen MR) is 76.4 cm³/mol. The lowest BCUT2D eigenvalue weighted by Gasteiger charge is -2.23. The van der Waals surface area contributed by atoms with E-state index < -0.39 is 0 Å². The Kier molecular flexibility index (Phi) is 5.35. The molecule has 0 aliphatic heterocycles. The van der Waals surface area contributed by atoms with Gasteiger partial charge in [0.1, 0.15) is 11.8 Å². The van der Waals surface area contributed by atoms with Crippen molar-refractivity contribution < 1.29 is 0 Å². The molecule has 0 spiro atoms. The van der Waals surface area contributed by atoms with Crippen molar-refractivity contribution in [2.75, 3.05) is 0 Å². The van der Waals surface area contributed by atoms with Crippen LogP contribution in [0, 0.1) is 17.2 Å². The fourth-order valence-corrected chi connectivity index (χ4v) is 2.90. The van der Waals surface area contributed by atoms with Gasteiger partial charge >= 0.3 is 0 Å². The first-order valence-electron chi connectivity index (χ1n) is 7.38. The maximum atomic E-state index is 8.84. The minimum Gasteiger partial charge on any atom is -0.310 e. The van der Waals surface area contributed by atoms with E-state index >= 15 is 0 Å². The number of nitrogens with zero attached hydrogens (tertiary/aromatic N) is 2. The minimum atomic E-state index is 0.501. The summed E-state index contributed by atoms with van der Waals surface area (Å²) in [7, 11) is 0. The fourth-order valence-electron chi connectivity index (χ4n) is 2.90. The largest absolute Gasteiger partial charge is 0.310 e. The Balaban J connectivity index is 1.85. The van der Waals surface area contributed by atoms with Gasteiger partial charge in [0.05, 0.1) is 0 Å². The molecule has 1 aliphatic rings. The monoisotopic (exact) mass is 257 g/mol. The van der Waals surface area contributed by atoms with Crippen LogP contribution >= 0.6 is 0 Å². The first-order chi connectivity index (χ1) is 9.29. The zero-order valence-electron chi connectivity index (χ0n) is 11.7. The Morgan fingerprint density at radius 3 is 2.79 bits per heavy atom. The number of rotatable bonds is 4. The normalized spacial score (nSPS) is 18.5. The molecule has 0 unspecified atom stereocenters. The highest BCUT2D eigenvalue weighted by Gasteiger charge is 2.18. The van der Waals surface area contributed by atoms with Crippen molar-refractivity contribution in [3.8, 4) is 6.07 Å². The molecule has 102 valence electrons. The molecular formula is C16H23N3. The number of aromatic nitrogens is 1. The third-order valence-electron chi connectivity index (χ3n) is 4.17. The second-order valence-corrected chi connectivity index (χ2v) is 5.58. The zero-order valence-corrected chi connectivity index (χ0v) is 11.7. The number of nitriles is 1. The topological polar surface area (TPSA) is 48.7 Å². The van der Waals surface area contributed by atoms with Crippen LogP contribution in [0.4, 0.5) is 0 Å². The standard InChI is InChI=1S/C16H23N3/c1-13(15-6-4-2-3-5-7-15)19-12-14-8-9-18-16(10-14)11-17/h8-10,13,15,19H,2-7,12H2,1H3/t13-/m0/s1. The zero-order chi connectivity index (χ0) is 13.5. The van der Waals surface area contributed by atoms with Crippen LogP contribution in [0.1, 0.15) is 56.7 Å². The minimum absolute atomic E-state index is 0.501. The van der Waals surface area contributed by atoms with Crippen LogP contribution in [0.5, 0.6) is 0 Å². The van der Waals surface area contributed by atoms with Crippen LogP contribution in [0.25, 0.3) is 0 Å².